The number of hydrogen-bond donors (Lipinski definition) is 0. The largest absolute Gasteiger partial charge is 0.0579 e. The average Bonchev–Trinajstić information content (AvgIpc) is 2.78. The van der Waals surface area contributed by atoms with Crippen LogP contribution in [0.1, 0.15) is 55.4 Å². The summed E-state index contributed by atoms with van der Waals surface area (Å²) >= 11 is 0. The summed E-state index contributed by atoms with van der Waals surface area (Å²) in [6, 6.07) is 0. The lowest BCUT2D eigenvalue weighted by molar-refractivity contribution is -0.332. The maximum Gasteiger partial charge on any atom is -0.0130 e. The van der Waals surface area contributed by atoms with Gasteiger partial charge in [-0.3, -0.25) is 0 Å². The highest BCUT2D eigenvalue weighted by atomic mass is 15.3. The third-order valence-electron chi connectivity index (χ3n) is 11.9. The van der Waals surface area contributed by atoms with Gasteiger partial charge in [0.15, 0.2) is 0 Å². The lowest BCUT2D eigenvalue weighted by atomic mass is 9.24. The van der Waals surface area contributed by atoms with E-state index in [-0.39, 0.29) is 0 Å². The molecule has 0 saturated heterocycles. The monoisotopic (exact) mass is 216 g/mol. The molecule has 6 aliphatic carbocycles. The fourth-order valence-corrected chi connectivity index (χ4v) is 11.1. The molecule has 16 heavy (non-hydrogen) atoms. The molecule has 0 atom stereocenters. The molecule has 6 fully saturated rings. The molecule has 0 amide bonds. The van der Waals surface area contributed by atoms with Crippen LogP contribution in [0.3, 0.4) is 0 Å². The van der Waals surface area contributed by atoms with Crippen molar-refractivity contribution in [2.24, 2.45) is 43.3 Å². The predicted molar refractivity (Wildman–Crippen MR) is 64.9 cm³/mol. The first-order valence-corrected chi connectivity index (χ1v) is 7.00. The molecule has 0 heterocycles. The Balaban J connectivity index is 2.01. The van der Waals surface area contributed by atoms with Gasteiger partial charge in [0.05, 0.1) is 0 Å². The van der Waals surface area contributed by atoms with Gasteiger partial charge in [0.25, 0.3) is 0 Å². The fraction of sp³-hybridized carbons (Fsp3) is 1.00. The molecule has 88 valence electrons. The normalized spacial score (nSPS) is 97.5. The van der Waals surface area contributed by atoms with Crippen LogP contribution in [0.25, 0.3) is 0 Å². The van der Waals surface area contributed by atoms with Crippen LogP contribution in [0.2, 0.25) is 0 Å². The zero-order valence-corrected chi connectivity index (χ0v) is 12.0. The summed E-state index contributed by atoms with van der Waals surface area (Å²) < 4.78 is 0. The molecule has 0 aliphatic heterocycles. The number of hydrogen-bond acceptors (Lipinski definition) is 0. The maximum atomic E-state index is 2.62. The lowest BCUT2D eigenvalue weighted by Gasteiger charge is -2.79. The quantitative estimate of drug-likeness (QED) is 0.572. The van der Waals surface area contributed by atoms with E-state index < -0.39 is 0 Å². The molecule has 0 aromatic carbocycles. The van der Waals surface area contributed by atoms with Gasteiger partial charge in [0.1, 0.15) is 0 Å². The summed E-state index contributed by atoms with van der Waals surface area (Å²) in [5, 5.41) is 0. The van der Waals surface area contributed by atoms with E-state index in [2.05, 4.69) is 55.4 Å². The maximum absolute atomic E-state index is 2.62. The van der Waals surface area contributed by atoms with E-state index in [1.807, 2.05) is 0 Å². The second-order valence-corrected chi connectivity index (χ2v) is 9.00. The molecule has 6 saturated carbocycles. The summed E-state index contributed by atoms with van der Waals surface area (Å²) in [6.45, 7) is 20.9. The molecule has 0 heteroatoms. The highest BCUT2D eigenvalue weighted by Gasteiger charge is 3.29. The average molecular weight is 216 g/mol. The Hall–Kier alpha value is 0. The second-order valence-electron chi connectivity index (χ2n) is 9.00. The molecule has 0 spiro atoms. The Morgan fingerprint density at radius 2 is 0.312 bits per heavy atom. The smallest absolute Gasteiger partial charge is 0.0130 e. The van der Waals surface area contributed by atoms with Gasteiger partial charge in [-0.15, -0.1) is 0 Å². The van der Waals surface area contributed by atoms with E-state index in [1.54, 1.807) is 0 Å². The van der Waals surface area contributed by atoms with Crippen LogP contribution in [0.5, 0.6) is 0 Å². The topological polar surface area (TPSA) is 0 Å². The summed E-state index contributed by atoms with van der Waals surface area (Å²) in [5.41, 5.74) is 5.07. The zero-order chi connectivity index (χ0) is 12.0. The summed E-state index contributed by atoms with van der Waals surface area (Å²) in [4.78, 5) is 0. The predicted octanol–water partition coefficient (Wildman–Crippen LogP) is 4.10. The van der Waals surface area contributed by atoms with Crippen molar-refractivity contribution in [3.63, 3.8) is 0 Å². The Morgan fingerprint density at radius 3 is 0.375 bits per heavy atom. The van der Waals surface area contributed by atoms with Gasteiger partial charge < -0.3 is 0 Å². The molecule has 0 aromatic rings. The minimum Gasteiger partial charge on any atom is -0.0579 e. The SMILES string of the molecule is CC12C3(C)[C@]4(C)C5(C)C(C)([C@]1(C)[C@@]25C)[C@]34C. The zero-order valence-electron chi connectivity index (χ0n) is 12.0. The standard InChI is InChI=1S/C16H24/c1-9-10(2)13(9,5)14(6)11(3)12(14,4)16(10,8)15(9,11)7/h1-8H3/t9-,10+,11+,12-,13?,14?,15?,16?. The highest BCUT2D eigenvalue weighted by Crippen LogP contribution is 3.32. The summed E-state index contributed by atoms with van der Waals surface area (Å²) in [7, 11) is 0. The highest BCUT2D eigenvalue weighted by molar-refractivity contribution is 5.75. The molecule has 0 bridgehead atoms. The van der Waals surface area contributed by atoms with E-state index in [9.17, 15) is 0 Å². The van der Waals surface area contributed by atoms with Crippen molar-refractivity contribution >= 4 is 0 Å². The molecule has 0 aromatic heterocycles. The minimum absolute atomic E-state index is 0.625. The Bertz CT molecular complexity index is 408. The summed E-state index contributed by atoms with van der Waals surface area (Å²) in [6.07, 6.45) is 0. The molecule has 6 aliphatic rings. The first-order valence-electron chi connectivity index (χ1n) is 7.00. The molecule has 0 nitrogen and oxygen atoms in total. The van der Waals surface area contributed by atoms with Crippen molar-refractivity contribution in [3.8, 4) is 0 Å². The number of rotatable bonds is 0. The Kier molecular flexibility index (Phi) is 0.718. The van der Waals surface area contributed by atoms with E-state index >= 15 is 0 Å². The first-order chi connectivity index (χ1) is 7.00. The third-order valence-corrected chi connectivity index (χ3v) is 11.9. The van der Waals surface area contributed by atoms with Crippen molar-refractivity contribution in [2.75, 3.05) is 0 Å². The van der Waals surface area contributed by atoms with Crippen LogP contribution >= 0.6 is 0 Å². The van der Waals surface area contributed by atoms with Crippen molar-refractivity contribution < 1.29 is 0 Å². The second kappa shape index (κ2) is 1.28. The van der Waals surface area contributed by atoms with Gasteiger partial charge in [0.2, 0.25) is 0 Å². The van der Waals surface area contributed by atoms with E-state index in [4.69, 9.17) is 0 Å². The Morgan fingerprint density at radius 1 is 0.250 bits per heavy atom. The molecule has 0 radical (unpaired) electrons. The molecule has 0 N–H and O–H groups in total. The van der Waals surface area contributed by atoms with Gasteiger partial charge in [-0.1, -0.05) is 55.4 Å². The van der Waals surface area contributed by atoms with Crippen LogP contribution in [-0.2, 0) is 0 Å². The van der Waals surface area contributed by atoms with Crippen molar-refractivity contribution in [1.82, 2.24) is 0 Å². The van der Waals surface area contributed by atoms with Gasteiger partial charge >= 0.3 is 0 Å². The fourth-order valence-electron chi connectivity index (χ4n) is 11.1. The minimum atomic E-state index is 0.625. The van der Waals surface area contributed by atoms with Crippen LogP contribution in [0.15, 0.2) is 0 Å². The molecular formula is C16H24. The molecule has 6 rings (SSSR count). The first kappa shape index (κ1) is 9.00. The van der Waals surface area contributed by atoms with Crippen LogP contribution < -0.4 is 0 Å². The van der Waals surface area contributed by atoms with Crippen molar-refractivity contribution in [2.45, 2.75) is 55.4 Å². The van der Waals surface area contributed by atoms with Gasteiger partial charge in [-0.05, 0) is 43.3 Å². The summed E-state index contributed by atoms with van der Waals surface area (Å²) in [5.74, 6) is 0. The third kappa shape index (κ3) is 0.219. The van der Waals surface area contributed by atoms with Crippen molar-refractivity contribution in [3.05, 3.63) is 0 Å². The van der Waals surface area contributed by atoms with Crippen LogP contribution in [0.4, 0.5) is 0 Å². The van der Waals surface area contributed by atoms with E-state index in [1.165, 1.54) is 0 Å². The van der Waals surface area contributed by atoms with Crippen LogP contribution in [0, 0.1) is 43.3 Å². The molecular weight excluding hydrogens is 192 g/mol. The molecule has 0 unspecified atom stereocenters. The van der Waals surface area contributed by atoms with Crippen LogP contribution in [-0.4, -0.2) is 0 Å². The lowest BCUT2D eigenvalue weighted by Crippen LogP contribution is -2.76. The van der Waals surface area contributed by atoms with Crippen molar-refractivity contribution in [1.29, 1.82) is 0 Å². The van der Waals surface area contributed by atoms with E-state index in [0.29, 0.717) is 43.3 Å². The van der Waals surface area contributed by atoms with Gasteiger partial charge in [0, 0.05) is 0 Å². The van der Waals surface area contributed by atoms with Gasteiger partial charge in [-0.25, -0.2) is 0 Å². The van der Waals surface area contributed by atoms with Gasteiger partial charge in [-0.2, -0.15) is 0 Å². The Labute approximate surface area is 99.2 Å². The van der Waals surface area contributed by atoms with E-state index in [0.717, 1.165) is 0 Å².